The fourth-order valence-electron chi connectivity index (χ4n) is 2.47. The third-order valence-electron chi connectivity index (χ3n) is 3.38. The highest BCUT2D eigenvalue weighted by molar-refractivity contribution is 6.32. The minimum Gasteiger partial charge on any atom is -0.495 e. The van der Waals surface area contributed by atoms with E-state index in [2.05, 4.69) is 10.1 Å². The molecule has 2 aromatic heterocycles. The van der Waals surface area contributed by atoms with E-state index >= 15 is 0 Å². The molecule has 2 heterocycles. The summed E-state index contributed by atoms with van der Waals surface area (Å²) in [6.45, 7) is 1.93. The topological polar surface area (TPSA) is 44.9 Å². The number of methoxy groups -OCH3 is 1. The lowest BCUT2D eigenvalue weighted by Gasteiger charge is -2.11. The van der Waals surface area contributed by atoms with Crippen LogP contribution in [-0.2, 0) is 12.9 Å². The van der Waals surface area contributed by atoms with Gasteiger partial charge in [-0.1, -0.05) is 11.6 Å². The standard InChI is InChI=1S/C14H14Cl2N4O/c1-8-13-14(19(2)18-8)20(12(7-15)17-13)9-4-5-10(16)11(6-9)21-3/h4-6H,7H2,1-3H3. The molecule has 0 aliphatic carbocycles. The first-order valence-corrected chi connectivity index (χ1v) is 7.29. The van der Waals surface area contributed by atoms with Crippen molar-refractivity contribution in [2.75, 3.05) is 7.11 Å². The molecule has 0 unspecified atom stereocenters. The molecule has 110 valence electrons. The van der Waals surface area contributed by atoms with Crippen molar-refractivity contribution in [2.45, 2.75) is 12.8 Å². The number of alkyl halides is 1. The van der Waals surface area contributed by atoms with Crippen LogP contribution in [0.1, 0.15) is 11.5 Å². The van der Waals surface area contributed by atoms with Crippen molar-refractivity contribution >= 4 is 34.4 Å². The maximum atomic E-state index is 6.09. The van der Waals surface area contributed by atoms with Crippen molar-refractivity contribution in [3.05, 3.63) is 34.7 Å². The van der Waals surface area contributed by atoms with Crippen molar-refractivity contribution in [3.8, 4) is 11.4 Å². The Balaban J connectivity index is 2.33. The molecule has 3 rings (SSSR count). The summed E-state index contributed by atoms with van der Waals surface area (Å²) < 4.78 is 9.06. The van der Waals surface area contributed by atoms with Crippen LogP contribution in [0.3, 0.4) is 0 Å². The van der Waals surface area contributed by atoms with Gasteiger partial charge in [0.1, 0.15) is 17.1 Å². The number of ether oxygens (including phenoxy) is 1. The van der Waals surface area contributed by atoms with Gasteiger partial charge in [0, 0.05) is 13.1 Å². The summed E-state index contributed by atoms with van der Waals surface area (Å²) in [5.41, 5.74) is 3.51. The lowest BCUT2D eigenvalue weighted by atomic mass is 10.3. The monoisotopic (exact) mass is 324 g/mol. The van der Waals surface area contributed by atoms with E-state index in [9.17, 15) is 0 Å². The molecule has 7 heteroatoms. The zero-order valence-corrected chi connectivity index (χ0v) is 13.4. The molecular formula is C14H14Cl2N4O. The van der Waals surface area contributed by atoms with Gasteiger partial charge in [-0.05, 0) is 19.1 Å². The molecule has 0 radical (unpaired) electrons. The molecular weight excluding hydrogens is 311 g/mol. The van der Waals surface area contributed by atoms with Gasteiger partial charge in [0.2, 0.25) is 0 Å². The summed E-state index contributed by atoms with van der Waals surface area (Å²) in [6, 6.07) is 5.56. The second-order valence-electron chi connectivity index (χ2n) is 4.70. The average Bonchev–Trinajstić information content (AvgIpc) is 2.98. The van der Waals surface area contributed by atoms with Crippen molar-refractivity contribution in [1.29, 1.82) is 0 Å². The number of aryl methyl sites for hydroxylation is 2. The Labute approximate surface area is 132 Å². The molecule has 0 aliphatic heterocycles. The SMILES string of the molecule is COc1cc(-n2c(CCl)nc3c(C)nn(C)c32)ccc1Cl. The Morgan fingerprint density at radius 2 is 2.10 bits per heavy atom. The number of hydrogen-bond donors (Lipinski definition) is 0. The quantitative estimate of drug-likeness (QED) is 0.693. The molecule has 0 amide bonds. The van der Waals surface area contributed by atoms with Gasteiger partial charge < -0.3 is 4.74 Å². The number of rotatable bonds is 3. The Morgan fingerprint density at radius 3 is 2.76 bits per heavy atom. The fourth-order valence-corrected chi connectivity index (χ4v) is 2.84. The second-order valence-corrected chi connectivity index (χ2v) is 5.37. The zero-order chi connectivity index (χ0) is 15.1. The molecule has 5 nitrogen and oxygen atoms in total. The normalized spacial score (nSPS) is 11.3. The lowest BCUT2D eigenvalue weighted by molar-refractivity contribution is 0.415. The molecule has 0 saturated carbocycles. The molecule has 3 aromatic rings. The third kappa shape index (κ3) is 2.17. The van der Waals surface area contributed by atoms with Gasteiger partial charge in [-0.3, -0.25) is 4.57 Å². The van der Waals surface area contributed by atoms with Gasteiger partial charge in [-0.25, -0.2) is 9.67 Å². The van der Waals surface area contributed by atoms with Crippen LogP contribution < -0.4 is 4.74 Å². The van der Waals surface area contributed by atoms with E-state index in [1.54, 1.807) is 17.9 Å². The highest BCUT2D eigenvalue weighted by Gasteiger charge is 2.18. The fraction of sp³-hybridized carbons (Fsp3) is 0.286. The van der Waals surface area contributed by atoms with E-state index < -0.39 is 0 Å². The van der Waals surface area contributed by atoms with Gasteiger partial charge in [-0.2, -0.15) is 5.10 Å². The van der Waals surface area contributed by atoms with Crippen LogP contribution in [0.4, 0.5) is 0 Å². The Hall–Kier alpha value is -1.72. The van der Waals surface area contributed by atoms with Crippen LogP contribution in [0.15, 0.2) is 18.2 Å². The van der Waals surface area contributed by atoms with E-state index in [1.165, 1.54) is 0 Å². The van der Waals surface area contributed by atoms with Crippen LogP contribution in [0.5, 0.6) is 5.75 Å². The van der Waals surface area contributed by atoms with Crippen LogP contribution in [0.25, 0.3) is 16.9 Å². The molecule has 1 aromatic carbocycles. The summed E-state index contributed by atoms with van der Waals surface area (Å²) in [6.07, 6.45) is 0. The van der Waals surface area contributed by atoms with Gasteiger partial charge in [0.05, 0.1) is 29.4 Å². The van der Waals surface area contributed by atoms with E-state index in [4.69, 9.17) is 27.9 Å². The third-order valence-corrected chi connectivity index (χ3v) is 3.94. The number of imidazole rings is 1. The number of nitrogens with zero attached hydrogens (tertiary/aromatic N) is 4. The maximum absolute atomic E-state index is 6.09. The average molecular weight is 325 g/mol. The van der Waals surface area contributed by atoms with E-state index in [0.717, 1.165) is 28.4 Å². The largest absolute Gasteiger partial charge is 0.495 e. The predicted octanol–water partition coefficient (Wildman–Crippen LogP) is 3.47. The molecule has 0 aliphatic rings. The first-order chi connectivity index (χ1) is 10.1. The van der Waals surface area contributed by atoms with Crippen LogP contribution in [0, 0.1) is 6.92 Å². The van der Waals surface area contributed by atoms with Crippen LogP contribution >= 0.6 is 23.2 Å². The molecule has 21 heavy (non-hydrogen) atoms. The molecule has 0 fully saturated rings. The first kappa shape index (κ1) is 14.2. The summed E-state index contributed by atoms with van der Waals surface area (Å²) >= 11 is 12.1. The minimum absolute atomic E-state index is 0.305. The summed E-state index contributed by atoms with van der Waals surface area (Å²) in [5.74, 6) is 1.67. The zero-order valence-electron chi connectivity index (χ0n) is 11.9. The number of halogens is 2. The van der Waals surface area contributed by atoms with Crippen molar-refractivity contribution in [3.63, 3.8) is 0 Å². The molecule has 0 bridgehead atoms. The van der Waals surface area contributed by atoms with Crippen molar-refractivity contribution < 1.29 is 4.74 Å². The van der Waals surface area contributed by atoms with Crippen LogP contribution in [-0.4, -0.2) is 26.4 Å². The van der Waals surface area contributed by atoms with E-state index in [-0.39, 0.29) is 0 Å². The highest BCUT2D eigenvalue weighted by Crippen LogP contribution is 2.30. The molecule has 0 atom stereocenters. The summed E-state index contributed by atoms with van der Waals surface area (Å²) in [7, 11) is 3.48. The first-order valence-electron chi connectivity index (χ1n) is 6.37. The predicted molar refractivity (Wildman–Crippen MR) is 83.7 cm³/mol. The number of fused-ring (bicyclic) bond motifs is 1. The van der Waals surface area contributed by atoms with Gasteiger partial charge in [0.25, 0.3) is 0 Å². The molecule has 0 N–H and O–H groups in total. The van der Waals surface area contributed by atoms with Crippen molar-refractivity contribution in [2.24, 2.45) is 7.05 Å². The smallest absolute Gasteiger partial charge is 0.163 e. The number of hydrogen-bond acceptors (Lipinski definition) is 3. The number of aromatic nitrogens is 4. The Kier molecular flexibility index (Phi) is 3.55. The number of benzene rings is 1. The molecule has 0 saturated heterocycles. The summed E-state index contributed by atoms with van der Waals surface area (Å²) in [5, 5.41) is 4.97. The maximum Gasteiger partial charge on any atom is 0.163 e. The molecule has 0 spiro atoms. The van der Waals surface area contributed by atoms with Gasteiger partial charge in [0.15, 0.2) is 5.65 Å². The van der Waals surface area contributed by atoms with Crippen molar-refractivity contribution in [1.82, 2.24) is 19.3 Å². The summed E-state index contributed by atoms with van der Waals surface area (Å²) in [4.78, 5) is 4.58. The highest BCUT2D eigenvalue weighted by atomic mass is 35.5. The lowest BCUT2D eigenvalue weighted by Crippen LogP contribution is -2.04. The second kappa shape index (κ2) is 5.24. The van der Waals surface area contributed by atoms with Gasteiger partial charge >= 0.3 is 0 Å². The van der Waals surface area contributed by atoms with Crippen LogP contribution in [0.2, 0.25) is 5.02 Å². The Bertz CT molecular complexity index is 822. The Morgan fingerprint density at radius 1 is 1.33 bits per heavy atom. The van der Waals surface area contributed by atoms with E-state index in [0.29, 0.717) is 16.7 Å². The van der Waals surface area contributed by atoms with E-state index in [1.807, 2.05) is 30.7 Å². The van der Waals surface area contributed by atoms with Gasteiger partial charge in [-0.15, -0.1) is 11.6 Å². The minimum atomic E-state index is 0.305.